The van der Waals surface area contributed by atoms with Crippen molar-refractivity contribution in [2.24, 2.45) is 0 Å². The van der Waals surface area contributed by atoms with Crippen LogP contribution >= 0.6 is 24.8 Å². The number of methoxy groups -OCH3 is 1. The van der Waals surface area contributed by atoms with Crippen LogP contribution in [0.5, 0.6) is 5.75 Å². The Morgan fingerprint density at radius 3 is 2.39 bits per heavy atom. The van der Waals surface area contributed by atoms with Gasteiger partial charge in [0.05, 0.1) is 0 Å². The number of fused-ring (bicyclic) bond motifs is 1. The summed E-state index contributed by atoms with van der Waals surface area (Å²) in [6, 6.07) is 15.3. The summed E-state index contributed by atoms with van der Waals surface area (Å²) in [5.74, 6) is 0.912. The predicted molar refractivity (Wildman–Crippen MR) is 124 cm³/mol. The van der Waals surface area contributed by atoms with Crippen molar-refractivity contribution in [3.8, 4) is 16.9 Å². The van der Waals surface area contributed by atoms with Gasteiger partial charge in [-0.3, -0.25) is 0 Å². The molecule has 0 saturated heterocycles. The summed E-state index contributed by atoms with van der Waals surface area (Å²) < 4.78 is 7.83. The molecule has 5 heteroatoms. The quantitative estimate of drug-likeness (QED) is 0.405. The monoisotopic (exact) mass is 506 g/mol. The topological polar surface area (TPSA) is 9.23 Å². The van der Waals surface area contributed by atoms with Crippen LogP contribution in [0.3, 0.4) is 0 Å². The Bertz CT molecular complexity index is 971. The molecule has 0 amide bonds. The first-order valence-electron chi connectivity index (χ1n) is 9.18. The standard InChI is InChI=1S/C16H13O.C5H5.C2H6Si.2ClH.Zr/c1-17-14-10-8-13(9-11-14)16-7-3-5-12-4-2-6-15(12)16;1-2-4-5-3-1;1-3-2;;;/h2-11H,1H3;1-3H,4H2;1-2H3;2*1H;. The molecule has 0 fully saturated rings. The van der Waals surface area contributed by atoms with Crippen LogP contribution in [0.4, 0.5) is 0 Å². The third kappa shape index (κ3) is 4.49. The van der Waals surface area contributed by atoms with Crippen molar-refractivity contribution < 1.29 is 25.1 Å². The van der Waals surface area contributed by atoms with Crippen molar-refractivity contribution in [3.63, 3.8) is 0 Å². The third-order valence-corrected chi connectivity index (χ3v) is 23.4. The van der Waals surface area contributed by atoms with Gasteiger partial charge in [-0.05, 0) is 0 Å². The summed E-state index contributed by atoms with van der Waals surface area (Å²) >= 11 is -1.67. The summed E-state index contributed by atoms with van der Waals surface area (Å²) in [5.41, 5.74) is 5.40. The fraction of sp³-hybridized carbons (Fsp3) is 0.217. The Balaban J connectivity index is 0.00000140. The van der Waals surface area contributed by atoms with Crippen LogP contribution in [0.25, 0.3) is 17.2 Å². The molecular weight excluding hydrogens is 482 g/mol. The number of benzene rings is 2. The SMILES string of the molecule is COc1ccc(-c2cccc3c2C=C[CH]3[Zr]([C]2=CC=CC2)=[Si](C)C)cc1.Cl.Cl. The molecule has 4 rings (SSSR count). The number of halogens is 2. The van der Waals surface area contributed by atoms with Crippen molar-refractivity contribution in [2.75, 3.05) is 7.11 Å². The first kappa shape index (κ1) is 23.4. The number of ether oxygens (including phenoxy) is 1. The largest absolute Gasteiger partial charge is 0.147 e. The van der Waals surface area contributed by atoms with Gasteiger partial charge in [0, 0.05) is 0 Å². The van der Waals surface area contributed by atoms with Crippen molar-refractivity contribution in [1.82, 2.24) is 0 Å². The fourth-order valence-electron chi connectivity index (χ4n) is 4.09. The maximum absolute atomic E-state index is 5.31. The number of hydrogen-bond donors (Lipinski definition) is 0. The summed E-state index contributed by atoms with van der Waals surface area (Å²) in [5, 5.41) is 0. The first-order valence-corrected chi connectivity index (χ1v) is 18.0. The molecule has 2 aliphatic carbocycles. The average Bonchev–Trinajstić information content (AvgIpc) is 3.32. The zero-order valence-electron chi connectivity index (χ0n) is 16.4. The Morgan fingerprint density at radius 2 is 1.79 bits per heavy atom. The van der Waals surface area contributed by atoms with Crippen LogP contribution in [0.2, 0.25) is 13.1 Å². The molecule has 0 aliphatic heterocycles. The molecule has 1 atom stereocenters. The van der Waals surface area contributed by atoms with E-state index in [-0.39, 0.29) is 30.2 Å². The summed E-state index contributed by atoms with van der Waals surface area (Å²) in [6.07, 6.45) is 13.2. The van der Waals surface area contributed by atoms with Crippen LogP contribution in [0, 0.1) is 0 Å². The number of rotatable bonds is 4. The van der Waals surface area contributed by atoms with Gasteiger partial charge in [-0.2, -0.15) is 0 Å². The Labute approximate surface area is 188 Å². The molecule has 0 aromatic heterocycles. The van der Waals surface area contributed by atoms with E-state index in [0.29, 0.717) is 3.63 Å². The minimum atomic E-state index is -1.67. The zero-order valence-corrected chi connectivity index (χ0v) is 21.5. The van der Waals surface area contributed by atoms with Gasteiger partial charge >= 0.3 is 165 Å². The second-order valence-corrected chi connectivity index (χ2v) is 24.8. The predicted octanol–water partition coefficient (Wildman–Crippen LogP) is 6.99. The Hall–Kier alpha value is -0.860. The van der Waals surface area contributed by atoms with E-state index in [9.17, 15) is 0 Å². The molecule has 0 saturated carbocycles. The van der Waals surface area contributed by atoms with Crippen LogP contribution in [-0.2, 0) is 20.4 Å². The second kappa shape index (κ2) is 10.3. The van der Waals surface area contributed by atoms with E-state index < -0.39 is 20.4 Å². The summed E-state index contributed by atoms with van der Waals surface area (Å²) in [4.78, 5) is 0. The van der Waals surface area contributed by atoms with Gasteiger partial charge in [-0.1, -0.05) is 0 Å². The van der Waals surface area contributed by atoms with Gasteiger partial charge in [-0.15, -0.1) is 24.8 Å². The van der Waals surface area contributed by atoms with Crippen molar-refractivity contribution in [2.45, 2.75) is 23.1 Å². The molecule has 146 valence electrons. The summed E-state index contributed by atoms with van der Waals surface area (Å²) in [6.45, 7) is 5.08. The molecule has 0 radical (unpaired) electrons. The van der Waals surface area contributed by atoms with E-state index in [2.05, 4.69) is 85.9 Å². The minimum Gasteiger partial charge on any atom is -0.147 e. The van der Waals surface area contributed by atoms with Crippen molar-refractivity contribution in [3.05, 3.63) is 81.2 Å². The minimum absolute atomic E-state index is 0. The van der Waals surface area contributed by atoms with E-state index in [1.165, 1.54) is 23.1 Å². The summed E-state index contributed by atoms with van der Waals surface area (Å²) in [7, 11) is 1.72. The fourth-order valence-corrected chi connectivity index (χ4v) is 21.8. The molecule has 2 aliphatic rings. The van der Waals surface area contributed by atoms with Gasteiger partial charge < -0.3 is 0 Å². The smallest absolute Gasteiger partial charge is 0.147 e. The normalized spacial score (nSPS) is 16.0. The first-order chi connectivity index (χ1) is 12.7. The average molecular weight is 509 g/mol. The van der Waals surface area contributed by atoms with Crippen LogP contribution in [0.1, 0.15) is 21.2 Å². The van der Waals surface area contributed by atoms with E-state index >= 15 is 0 Å². The maximum Gasteiger partial charge on any atom is -0.147 e. The van der Waals surface area contributed by atoms with Crippen LogP contribution in [-0.4, -0.2) is 12.5 Å². The van der Waals surface area contributed by atoms with Gasteiger partial charge in [0.25, 0.3) is 0 Å². The van der Waals surface area contributed by atoms with Gasteiger partial charge in [-0.25, -0.2) is 0 Å². The van der Waals surface area contributed by atoms with E-state index in [1.807, 2.05) is 3.28 Å². The molecule has 1 nitrogen and oxygen atoms in total. The van der Waals surface area contributed by atoms with Crippen molar-refractivity contribution in [1.29, 1.82) is 0 Å². The second-order valence-electron chi connectivity index (χ2n) is 7.11. The molecule has 0 heterocycles. The molecule has 1 unspecified atom stereocenters. The Morgan fingerprint density at radius 1 is 1.04 bits per heavy atom. The zero-order chi connectivity index (χ0) is 18.1. The molecule has 0 bridgehead atoms. The van der Waals surface area contributed by atoms with Gasteiger partial charge in [0.15, 0.2) is 0 Å². The van der Waals surface area contributed by atoms with Gasteiger partial charge in [0.1, 0.15) is 0 Å². The molecule has 2 aromatic carbocycles. The van der Waals surface area contributed by atoms with Crippen molar-refractivity contribution >= 4 is 36.3 Å². The van der Waals surface area contributed by atoms with Gasteiger partial charge in [0.2, 0.25) is 0 Å². The van der Waals surface area contributed by atoms with E-state index in [4.69, 9.17) is 4.74 Å². The van der Waals surface area contributed by atoms with E-state index in [0.717, 1.165) is 5.75 Å². The maximum atomic E-state index is 5.31. The number of hydrogen-bond acceptors (Lipinski definition) is 1. The molecular formula is C23H26Cl2OSiZr. The number of allylic oxidation sites excluding steroid dienone is 5. The van der Waals surface area contributed by atoms with Crippen LogP contribution < -0.4 is 4.74 Å². The molecule has 28 heavy (non-hydrogen) atoms. The Kier molecular flexibility index (Phi) is 8.58. The molecule has 0 N–H and O–H groups in total. The van der Waals surface area contributed by atoms with E-state index in [1.54, 1.807) is 12.7 Å². The third-order valence-electron chi connectivity index (χ3n) is 5.30. The molecule has 0 spiro atoms. The van der Waals surface area contributed by atoms with Crippen LogP contribution in [0.15, 0.2) is 70.0 Å². The molecule has 2 aromatic rings.